The van der Waals surface area contributed by atoms with Crippen LogP contribution in [0.4, 0.5) is 5.00 Å². The second-order valence-corrected chi connectivity index (χ2v) is 8.84. The van der Waals surface area contributed by atoms with Crippen LogP contribution in [0.5, 0.6) is 0 Å². The maximum Gasteiger partial charge on any atom is 0.359 e. The number of esters is 1. The fourth-order valence-electron chi connectivity index (χ4n) is 3.93. The van der Waals surface area contributed by atoms with Gasteiger partial charge < -0.3 is 10.1 Å². The highest BCUT2D eigenvalue weighted by Crippen LogP contribution is 2.32. The van der Waals surface area contributed by atoms with Crippen molar-refractivity contribution in [2.75, 3.05) is 11.9 Å². The van der Waals surface area contributed by atoms with Crippen LogP contribution in [0.25, 0.3) is 16.5 Å². The number of carbonyl (C=O) groups excluding carboxylic acids is 2. The van der Waals surface area contributed by atoms with E-state index in [4.69, 9.17) is 16.3 Å². The van der Waals surface area contributed by atoms with Crippen LogP contribution in [0.15, 0.2) is 34.4 Å². The van der Waals surface area contributed by atoms with Gasteiger partial charge in [0, 0.05) is 22.2 Å². The van der Waals surface area contributed by atoms with Crippen molar-refractivity contribution in [2.45, 2.75) is 39.0 Å². The molecule has 3 aromatic rings. The molecule has 2 heterocycles. The van der Waals surface area contributed by atoms with E-state index in [0.717, 1.165) is 30.4 Å². The zero-order chi connectivity index (χ0) is 22.0. The first-order valence-corrected chi connectivity index (χ1v) is 11.5. The van der Waals surface area contributed by atoms with Gasteiger partial charge in [-0.15, -0.1) is 11.3 Å². The number of anilines is 1. The van der Waals surface area contributed by atoms with Crippen LogP contribution in [0.2, 0.25) is 5.02 Å². The van der Waals surface area contributed by atoms with Crippen molar-refractivity contribution in [2.24, 2.45) is 5.92 Å². The van der Waals surface area contributed by atoms with Gasteiger partial charge in [0.05, 0.1) is 17.7 Å². The predicted octanol–water partition coefficient (Wildman–Crippen LogP) is 4.80. The quantitative estimate of drug-likeness (QED) is 0.535. The second kappa shape index (κ2) is 9.20. The molecule has 0 aliphatic heterocycles. The van der Waals surface area contributed by atoms with E-state index in [-0.39, 0.29) is 23.6 Å². The maximum absolute atomic E-state index is 13.3. The summed E-state index contributed by atoms with van der Waals surface area (Å²) in [7, 11) is 0. The molecule has 1 amide bonds. The molecule has 0 bridgehead atoms. The van der Waals surface area contributed by atoms with Crippen LogP contribution in [0.3, 0.4) is 0 Å². The largest absolute Gasteiger partial charge is 0.461 e. The number of halogens is 1. The average molecular weight is 460 g/mol. The first-order chi connectivity index (χ1) is 15.0. The van der Waals surface area contributed by atoms with Crippen LogP contribution in [-0.2, 0) is 9.53 Å². The van der Waals surface area contributed by atoms with Crippen LogP contribution in [0, 0.1) is 5.92 Å². The lowest BCUT2D eigenvalue weighted by atomic mass is 10.0. The van der Waals surface area contributed by atoms with E-state index >= 15 is 0 Å². The number of hydrogen-bond acceptors (Lipinski definition) is 6. The third kappa shape index (κ3) is 4.50. The number of rotatable bonds is 6. The average Bonchev–Trinajstić information content (AvgIpc) is 3.39. The molecule has 162 valence electrons. The Balaban J connectivity index is 1.80. The highest BCUT2D eigenvalue weighted by atomic mass is 35.5. The number of amides is 1. The molecule has 0 saturated heterocycles. The molecule has 9 heteroatoms. The van der Waals surface area contributed by atoms with Crippen LogP contribution >= 0.6 is 22.9 Å². The molecule has 1 N–H and O–H groups in total. The van der Waals surface area contributed by atoms with E-state index in [0.29, 0.717) is 33.4 Å². The molecule has 1 aromatic carbocycles. The lowest BCUT2D eigenvalue weighted by Crippen LogP contribution is -2.25. The predicted molar refractivity (Wildman–Crippen MR) is 121 cm³/mol. The van der Waals surface area contributed by atoms with Gasteiger partial charge in [0.15, 0.2) is 5.69 Å². The third-order valence-electron chi connectivity index (χ3n) is 5.38. The molecule has 7 nitrogen and oxygen atoms in total. The van der Waals surface area contributed by atoms with Crippen molar-refractivity contribution in [1.82, 2.24) is 9.78 Å². The smallest absolute Gasteiger partial charge is 0.359 e. The fraction of sp³-hybridized carbons (Fsp3) is 0.364. The number of aromatic nitrogens is 2. The Morgan fingerprint density at radius 1 is 1.32 bits per heavy atom. The van der Waals surface area contributed by atoms with Gasteiger partial charge in [0.2, 0.25) is 5.91 Å². The Morgan fingerprint density at radius 2 is 2.10 bits per heavy atom. The van der Waals surface area contributed by atoms with Crippen molar-refractivity contribution >= 4 is 50.6 Å². The van der Waals surface area contributed by atoms with Gasteiger partial charge in [0.1, 0.15) is 5.00 Å². The molecule has 2 aromatic heterocycles. The molecule has 0 unspecified atom stereocenters. The third-order valence-corrected chi connectivity index (χ3v) is 6.51. The van der Waals surface area contributed by atoms with E-state index in [1.54, 1.807) is 36.6 Å². The lowest BCUT2D eigenvalue weighted by Gasteiger charge is -2.11. The van der Waals surface area contributed by atoms with Gasteiger partial charge in [-0.05, 0) is 43.9 Å². The molecular weight excluding hydrogens is 438 g/mol. The first kappa shape index (κ1) is 21.5. The molecule has 1 aliphatic rings. The molecule has 1 fully saturated rings. The first-order valence-electron chi connectivity index (χ1n) is 10.3. The molecule has 1 saturated carbocycles. The summed E-state index contributed by atoms with van der Waals surface area (Å²) in [4.78, 5) is 38.5. The Hall–Kier alpha value is -2.71. The van der Waals surface area contributed by atoms with Gasteiger partial charge in [-0.25, -0.2) is 4.79 Å². The maximum atomic E-state index is 13.3. The molecule has 4 rings (SSSR count). The summed E-state index contributed by atoms with van der Waals surface area (Å²) in [5.74, 6) is -0.380. The topological polar surface area (TPSA) is 90.3 Å². The van der Waals surface area contributed by atoms with Gasteiger partial charge >= 0.3 is 5.97 Å². The number of thiophene rings is 1. The summed E-state index contributed by atoms with van der Waals surface area (Å²) < 4.78 is 6.27. The molecule has 0 atom stereocenters. The lowest BCUT2D eigenvalue weighted by molar-refractivity contribution is -0.117. The van der Waals surface area contributed by atoms with Gasteiger partial charge in [-0.3, -0.25) is 9.59 Å². The van der Waals surface area contributed by atoms with Crippen molar-refractivity contribution < 1.29 is 14.3 Å². The minimum Gasteiger partial charge on any atom is -0.461 e. The summed E-state index contributed by atoms with van der Waals surface area (Å²) in [6, 6.07) is 6.63. The Labute approximate surface area is 188 Å². The fourth-order valence-corrected chi connectivity index (χ4v) is 5.07. The number of ether oxygens (including phenoxy) is 1. The monoisotopic (exact) mass is 459 g/mol. The minimum atomic E-state index is -0.634. The number of carbonyl (C=O) groups is 2. The molecule has 31 heavy (non-hydrogen) atoms. The Morgan fingerprint density at radius 3 is 2.81 bits per heavy atom. The van der Waals surface area contributed by atoms with Crippen molar-refractivity contribution in [3.63, 3.8) is 0 Å². The molecule has 0 radical (unpaired) electrons. The van der Waals surface area contributed by atoms with E-state index in [1.165, 1.54) is 11.3 Å². The normalized spacial score (nSPS) is 14.1. The second-order valence-electron chi connectivity index (χ2n) is 7.52. The van der Waals surface area contributed by atoms with E-state index in [9.17, 15) is 14.4 Å². The van der Waals surface area contributed by atoms with Gasteiger partial charge in [-0.1, -0.05) is 30.5 Å². The highest BCUT2D eigenvalue weighted by molar-refractivity contribution is 7.16. The number of benzene rings is 1. The number of fused-ring (bicyclic) bond motifs is 1. The number of hydrogen-bond donors (Lipinski definition) is 1. The minimum absolute atomic E-state index is 0.0176. The summed E-state index contributed by atoms with van der Waals surface area (Å²) in [6.45, 7) is 1.87. The summed E-state index contributed by atoms with van der Waals surface area (Å²) in [5, 5.41) is 10.2. The zero-order valence-corrected chi connectivity index (χ0v) is 18.6. The Bertz CT molecular complexity index is 1200. The van der Waals surface area contributed by atoms with Crippen LogP contribution < -0.4 is 10.9 Å². The Kier molecular flexibility index (Phi) is 6.38. The summed E-state index contributed by atoms with van der Waals surface area (Å²) in [5.41, 5.74) is -0.00826. The zero-order valence-electron chi connectivity index (χ0n) is 17.0. The summed E-state index contributed by atoms with van der Waals surface area (Å²) >= 11 is 7.29. The van der Waals surface area contributed by atoms with Gasteiger partial charge in [-0.2, -0.15) is 9.78 Å². The highest BCUT2D eigenvalue weighted by Gasteiger charge is 2.24. The van der Waals surface area contributed by atoms with E-state index in [2.05, 4.69) is 10.4 Å². The molecular formula is C22H22ClN3O4S. The molecule has 1 aliphatic carbocycles. The van der Waals surface area contributed by atoms with Gasteiger partial charge in [0.25, 0.3) is 5.56 Å². The number of nitrogens with one attached hydrogen (secondary N) is 1. The summed E-state index contributed by atoms with van der Waals surface area (Å²) in [6.07, 6.45) is 4.84. The van der Waals surface area contributed by atoms with Crippen LogP contribution in [-0.4, -0.2) is 28.3 Å². The number of nitrogens with zero attached hydrogens (tertiary/aromatic N) is 2. The standard InChI is InChI=1S/C22H22ClN3O4S/c1-2-30-22(29)19-16-12-31-20(24-17(27)10-13-6-3-4-7-13)18(16)21(28)26(25-19)15-9-5-8-14(23)11-15/h5,8-9,11-13H,2-4,6-7,10H2,1H3,(H,24,27). The van der Waals surface area contributed by atoms with E-state index < -0.39 is 11.5 Å². The van der Waals surface area contributed by atoms with Crippen molar-refractivity contribution in [1.29, 1.82) is 0 Å². The van der Waals surface area contributed by atoms with E-state index in [1.807, 2.05) is 0 Å². The van der Waals surface area contributed by atoms with Crippen molar-refractivity contribution in [3.05, 3.63) is 50.7 Å². The van der Waals surface area contributed by atoms with Crippen molar-refractivity contribution in [3.8, 4) is 5.69 Å². The van der Waals surface area contributed by atoms with Crippen LogP contribution in [0.1, 0.15) is 49.5 Å². The SMILES string of the molecule is CCOC(=O)c1nn(-c2cccc(Cl)c2)c(=O)c2c(NC(=O)CC3CCCC3)scc12. The molecule has 0 spiro atoms.